The van der Waals surface area contributed by atoms with E-state index < -0.39 is 5.79 Å². The van der Waals surface area contributed by atoms with Crippen molar-refractivity contribution < 1.29 is 19.1 Å². The van der Waals surface area contributed by atoms with E-state index >= 15 is 0 Å². The molecule has 7 heteroatoms. The maximum absolute atomic E-state index is 12.4. The molecule has 7 nitrogen and oxygen atoms in total. The standard InChI is InChI=1S/C17H29N3O4/c1-12-2-3-13(16(18)22)10-20(12)11-15(21)19-14-4-6-17(7-5-14)23-8-9-24-17/h12-14H,2-11H2,1H3,(H2,18,22)(H,19,21)/t12-,13+/m1/s1. The third-order valence-corrected chi connectivity index (χ3v) is 5.69. The Morgan fingerprint density at radius 1 is 1.17 bits per heavy atom. The van der Waals surface area contributed by atoms with E-state index in [0.717, 1.165) is 38.5 Å². The average molecular weight is 339 g/mol. The molecule has 2 aliphatic heterocycles. The van der Waals surface area contributed by atoms with Gasteiger partial charge in [-0.3, -0.25) is 14.5 Å². The lowest BCUT2D eigenvalue weighted by atomic mass is 9.90. The number of primary amides is 1. The van der Waals surface area contributed by atoms with Crippen LogP contribution >= 0.6 is 0 Å². The molecule has 0 radical (unpaired) electrons. The molecule has 3 aliphatic rings. The third kappa shape index (κ3) is 4.07. The van der Waals surface area contributed by atoms with E-state index in [1.165, 1.54) is 0 Å². The zero-order valence-electron chi connectivity index (χ0n) is 14.5. The average Bonchev–Trinajstić information content (AvgIpc) is 3.00. The number of nitrogens with zero attached hydrogens (tertiary/aromatic N) is 1. The summed E-state index contributed by atoms with van der Waals surface area (Å²) in [5, 5.41) is 3.13. The van der Waals surface area contributed by atoms with Crippen molar-refractivity contribution in [3.05, 3.63) is 0 Å². The summed E-state index contributed by atoms with van der Waals surface area (Å²) in [7, 11) is 0. The highest BCUT2D eigenvalue weighted by molar-refractivity contribution is 5.79. The van der Waals surface area contributed by atoms with Gasteiger partial charge in [0, 0.05) is 31.5 Å². The van der Waals surface area contributed by atoms with Gasteiger partial charge in [0.2, 0.25) is 11.8 Å². The van der Waals surface area contributed by atoms with Crippen molar-refractivity contribution in [2.24, 2.45) is 11.7 Å². The number of rotatable bonds is 4. The van der Waals surface area contributed by atoms with Gasteiger partial charge < -0.3 is 20.5 Å². The predicted octanol–water partition coefficient (Wildman–Crippen LogP) is 0.374. The van der Waals surface area contributed by atoms with E-state index in [9.17, 15) is 9.59 Å². The number of hydrogen-bond donors (Lipinski definition) is 2. The molecule has 0 unspecified atom stereocenters. The van der Waals surface area contributed by atoms with E-state index in [2.05, 4.69) is 17.1 Å². The first-order valence-corrected chi connectivity index (χ1v) is 9.08. The molecule has 24 heavy (non-hydrogen) atoms. The van der Waals surface area contributed by atoms with Crippen LogP contribution in [0.25, 0.3) is 0 Å². The topological polar surface area (TPSA) is 93.9 Å². The van der Waals surface area contributed by atoms with Crippen LogP contribution in [0, 0.1) is 5.92 Å². The zero-order valence-corrected chi connectivity index (χ0v) is 14.5. The number of hydrogen-bond acceptors (Lipinski definition) is 5. The fourth-order valence-electron chi connectivity index (χ4n) is 4.08. The minimum Gasteiger partial charge on any atom is -0.369 e. The Morgan fingerprint density at radius 2 is 1.83 bits per heavy atom. The summed E-state index contributed by atoms with van der Waals surface area (Å²) in [5.74, 6) is -0.764. The summed E-state index contributed by atoms with van der Waals surface area (Å²) >= 11 is 0. The van der Waals surface area contributed by atoms with Crippen LogP contribution in [0.5, 0.6) is 0 Å². The van der Waals surface area contributed by atoms with Crippen LogP contribution in [0.2, 0.25) is 0 Å². The van der Waals surface area contributed by atoms with E-state index in [1.807, 2.05) is 0 Å². The minimum absolute atomic E-state index is 0.0289. The molecule has 2 saturated heterocycles. The second-order valence-corrected chi connectivity index (χ2v) is 7.40. The molecule has 2 amide bonds. The summed E-state index contributed by atoms with van der Waals surface area (Å²) in [6.07, 6.45) is 5.15. The lowest BCUT2D eigenvalue weighted by Gasteiger charge is -2.38. The summed E-state index contributed by atoms with van der Waals surface area (Å²) in [6, 6.07) is 0.490. The molecular weight excluding hydrogens is 310 g/mol. The Hall–Kier alpha value is -1.18. The maximum atomic E-state index is 12.4. The molecule has 136 valence electrons. The normalized spacial score (nSPS) is 31.2. The van der Waals surface area contributed by atoms with Crippen LogP contribution in [-0.2, 0) is 19.1 Å². The number of nitrogens with one attached hydrogen (secondary N) is 1. The van der Waals surface area contributed by atoms with Gasteiger partial charge in [-0.25, -0.2) is 0 Å². The molecule has 1 aliphatic carbocycles. The molecule has 0 aromatic carbocycles. The summed E-state index contributed by atoms with van der Waals surface area (Å²) in [4.78, 5) is 25.9. The Morgan fingerprint density at radius 3 is 2.46 bits per heavy atom. The second-order valence-electron chi connectivity index (χ2n) is 7.40. The Bertz CT molecular complexity index is 468. The Kier molecular flexibility index (Phi) is 5.42. The summed E-state index contributed by atoms with van der Waals surface area (Å²) < 4.78 is 11.4. The van der Waals surface area contributed by atoms with Crippen LogP contribution in [0.15, 0.2) is 0 Å². The number of carbonyl (C=O) groups excluding carboxylic acids is 2. The molecule has 3 fully saturated rings. The van der Waals surface area contributed by atoms with Gasteiger partial charge in [-0.1, -0.05) is 0 Å². The fourth-order valence-corrected chi connectivity index (χ4v) is 4.08. The van der Waals surface area contributed by atoms with Gasteiger partial charge in [0.15, 0.2) is 5.79 Å². The Labute approximate surface area is 143 Å². The fraction of sp³-hybridized carbons (Fsp3) is 0.882. The number of amides is 2. The van der Waals surface area contributed by atoms with Crippen molar-refractivity contribution in [3.8, 4) is 0 Å². The molecule has 0 bridgehead atoms. The first kappa shape index (κ1) is 17.6. The summed E-state index contributed by atoms with van der Waals surface area (Å²) in [5.41, 5.74) is 5.42. The number of piperidine rings is 1. The molecule has 3 N–H and O–H groups in total. The smallest absolute Gasteiger partial charge is 0.234 e. The number of carbonyl (C=O) groups is 2. The molecule has 2 heterocycles. The van der Waals surface area contributed by atoms with Gasteiger partial charge in [-0.05, 0) is 32.6 Å². The zero-order chi connectivity index (χ0) is 17.2. The molecular formula is C17H29N3O4. The largest absolute Gasteiger partial charge is 0.369 e. The molecule has 0 aromatic rings. The molecule has 1 saturated carbocycles. The van der Waals surface area contributed by atoms with E-state index in [0.29, 0.717) is 32.3 Å². The van der Waals surface area contributed by atoms with Gasteiger partial charge in [0.05, 0.1) is 25.7 Å². The van der Waals surface area contributed by atoms with Crippen molar-refractivity contribution >= 4 is 11.8 Å². The highest BCUT2D eigenvalue weighted by atomic mass is 16.7. The number of likely N-dealkylation sites (tertiary alicyclic amines) is 1. The van der Waals surface area contributed by atoms with Crippen LogP contribution in [0.3, 0.4) is 0 Å². The van der Waals surface area contributed by atoms with Crippen LogP contribution < -0.4 is 11.1 Å². The van der Waals surface area contributed by atoms with E-state index in [-0.39, 0.29) is 23.8 Å². The maximum Gasteiger partial charge on any atom is 0.234 e. The van der Waals surface area contributed by atoms with Crippen LogP contribution in [-0.4, -0.2) is 60.9 Å². The molecule has 3 rings (SSSR count). The lowest BCUT2D eigenvalue weighted by molar-refractivity contribution is -0.180. The highest BCUT2D eigenvalue weighted by Crippen LogP contribution is 2.35. The first-order chi connectivity index (χ1) is 11.5. The SMILES string of the molecule is C[C@@H]1CC[C@H](C(N)=O)CN1CC(=O)NC1CCC2(CC1)OCCO2. The van der Waals surface area contributed by atoms with Crippen molar-refractivity contribution in [2.45, 2.75) is 63.3 Å². The Balaban J connectivity index is 1.44. The van der Waals surface area contributed by atoms with Crippen LogP contribution in [0.4, 0.5) is 0 Å². The molecule has 0 aromatic heterocycles. The monoisotopic (exact) mass is 339 g/mol. The molecule has 1 spiro atoms. The second kappa shape index (κ2) is 7.37. The molecule has 2 atom stereocenters. The van der Waals surface area contributed by atoms with Gasteiger partial charge in [0.25, 0.3) is 0 Å². The number of nitrogens with two attached hydrogens (primary N) is 1. The van der Waals surface area contributed by atoms with E-state index in [4.69, 9.17) is 15.2 Å². The number of ether oxygens (including phenoxy) is 2. The lowest BCUT2D eigenvalue weighted by Crippen LogP contribution is -2.51. The quantitative estimate of drug-likeness (QED) is 0.772. The summed E-state index contributed by atoms with van der Waals surface area (Å²) in [6.45, 7) is 4.36. The third-order valence-electron chi connectivity index (χ3n) is 5.69. The van der Waals surface area contributed by atoms with Gasteiger partial charge in [-0.2, -0.15) is 0 Å². The van der Waals surface area contributed by atoms with Crippen molar-refractivity contribution in [3.63, 3.8) is 0 Å². The van der Waals surface area contributed by atoms with E-state index in [1.54, 1.807) is 0 Å². The van der Waals surface area contributed by atoms with Crippen LogP contribution in [0.1, 0.15) is 45.4 Å². The van der Waals surface area contributed by atoms with Crippen molar-refractivity contribution in [2.75, 3.05) is 26.3 Å². The highest BCUT2D eigenvalue weighted by Gasteiger charge is 2.40. The van der Waals surface area contributed by atoms with Gasteiger partial charge in [-0.15, -0.1) is 0 Å². The van der Waals surface area contributed by atoms with Gasteiger partial charge in [0.1, 0.15) is 0 Å². The van der Waals surface area contributed by atoms with Gasteiger partial charge >= 0.3 is 0 Å². The van der Waals surface area contributed by atoms with Crippen molar-refractivity contribution in [1.29, 1.82) is 0 Å². The first-order valence-electron chi connectivity index (χ1n) is 9.08. The van der Waals surface area contributed by atoms with Crippen molar-refractivity contribution in [1.82, 2.24) is 10.2 Å². The predicted molar refractivity (Wildman–Crippen MR) is 88.0 cm³/mol. The minimum atomic E-state index is -0.392.